The third-order valence-electron chi connectivity index (χ3n) is 3.93. The molecule has 0 amide bonds. The predicted molar refractivity (Wildman–Crippen MR) is 94.7 cm³/mol. The molecule has 6 nitrogen and oxygen atoms in total. The Morgan fingerprint density at radius 1 is 0.960 bits per heavy atom. The largest absolute Gasteiger partial charge is 0.497 e. The highest BCUT2D eigenvalue weighted by atomic mass is 28.4. The summed E-state index contributed by atoms with van der Waals surface area (Å²) in [7, 11) is 2.11. The van der Waals surface area contributed by atoms with Gasteiger partial charge in [0, 0.05) is 0 Å². The maximum Gasteiger partial charge on any atom is 0.331 e. The van der Waals surface area contributed by atoms with Crippen LogP contribution in [0.5, 0.6) is 5.75 Å². The molecule has 1 aliphatic rings. The number of benzene rings is 1. The van der Waals surface area contributed by atoms with Crippen molar-refractivity contribution in [3.8, 4) is 5.75 Å². The van der Waals surface area contributed by atoms with Crippen LogP contribution in [0, 0.1) is 5.41 Å². The first-order chi connectivity index (χ1) is 11.7. The fraction of sp³-hybridized carbons (Fsp3) is 0.444. The van der Waals surface area contributed by atoms with Gasteiger partial charge in [0.1, 0.15) is 5.75 Å². The standard InChI is InChI=1S/C18H24O6Si/c1-21-13-9-7-12(8-10-13)15(24-25(4,5)6)14-11-18(14,16(19)22-2)17(20)23-3/h7-11,15H,1-6H3. The molecule has 1 unspecified atom stereocenters. The van der Waals surface area contributed by atoms with E-state index >= 15 is 0 Å². The number of esters is 2. The molecule has 0 saturated heterocycles. The van der Waals surface area contributed by atoms with E-state index in [1.54, 1.807) is 13.2 Å². The van der Waals surface area contributed by atoms with Crippen LogP contribution < -0.4 is 4.74 Å². The van der Waals surface area contributed by atoms with Gasteiger partial charge in [0.2, 0.25) is 5.41 Å². The molecule has 7 heteroatoms. The maximum absolute atomic E-state index is 12.3. The molecule has 0 aromatic heterocycles. The van der Waals surface area contributed by atoms with Crippen molar-refractivity contribution in [2.75, 3.05) is 21.3 Å². The number of rotatable bonds is 7. The molecule has 0 aliphatic heterocycles. The van der Waals surface area contributed by atoms with Crippen LogP contribution in [-0.4, -0.2) is 41.6 Å². The lowest BCUT2D eigenvalue weighted by Crippen LogP contribution is -2.35. The molecule has 1 aromatic carbocycles. The quantitative estimate of drug-likeness (QED) is 0.321. The molecular weight excluding hydrogens is 340 g/mol. The minimum absolute atomic E-state index is 0.518. The van der Waals surface area contributed by atoms with E-state index in [1.807, 2.05) is 43.9 Å². The minimum atomic E-state index is -1.98. The van der Waals surface area contributed by atoms with E-state index in [9.17, 15) is 9.59 Å². The summed E-state index contributed by atoms with van der Waals surface area (Å²) in [4.78, 5) is 24.5. The molecule has 1 aliphatic carbocycles. The third-order valence-corrected chi connectivity index (χ3v) is 4.87. The second-order valence-electron chi connectivity index (χ2n) is 6.77. The summed E-state index contributed by atoms with van der Waals surface area (Å²) < 4.78 is 21.1. The van der Waals surface area contributed by atoms with Gasteiger partial charge >= 0.3 is 11.9 Å². The molecule has 0 radical (unpaired) electrons. The van der Waals surface area contributed by atoms with Crippen LogP contribution in [-0.2, 0) is 23.5 Å². The van der Waals surface area contributed by atoms with Gasteiger partial charge in [-0.05, 0) is 49.0 Å². The summed E-state index contributed by atoms with van der Waals surface area (Å²) in [5, 5.41) is 0. The maximum atomic E-state index is 12.3. The Balaban J connectivity index is 2.41. The lowest BCUT2D eigenvalue weighted by Gasteiger charge is -2.28. The van der Waals surface area contributed by atoms with E-state index in [4.69, 9.17) is 18.6 Å². The van der Waals surface area contributed by atoms with Crippen LogP contribution in [0.4, 0.5) is 0 Å². The Morgan fingerprint density at radius 2 is 1.48 bits per heavy atom. The lowest BCUT2D eigenvalue weighted by molar-refractivity contribution is -0.160. The van der Waals surface area contributed by atoms with Gasteiger partial charge in [-0.1, -0.05) is 12.1 Å². The van der Waals surface area contributed by atoms with E-state index in [0.29, 0.717) is 11.3 Å². The predicted octanol–water partition coefficient (Wildman–Crippen LogP) is 2.86. The van der Waals surface area contributed by atoms with Gasteiger partial charge in [0.15, 0.2) is 8.32 Å². The van der Waals surface area contributed by atoms with Crippen molar-refractivity contribution in [1.29, 1.82) is 0 Å². The summed E-state index contributed by atoms with van der Waals surface area (Å²) in [6.07, 6.45) is 1.05. The van der Waals surface area contributed by atoms with Gasteiger partial charge in [0.05, 0.1) is 27.4 Å². The first kappa shape index (κ1) is 19.2. The number of carbonyl (C=O) groups excluding carboxylic acids is 2. The van der Waals surface area contributed by atoms with Crippen LogP contribution in [0.15, 0.2) is 35.9 Å². The number of hydrogen-bond donors (Lipinski definition) is 0. The van der Waals surface area contributed by atoms with E-state index in [1.165, 1.54) is 14.2 Å². The fourth-order valence-corrected chi connectivity index (χ4v) is 3.65. The zero-order valence-corrected chi connectivity index (χ0v) is 16.4. The summed E-state index contributed by atoms with van der Waals surface area (Å²) in [5.74, 6) is -0.605. The highest BCUT2D eigenvalue weighted by Gasteiger charge is 2.62. The Morgan fingerprint density at radius 3 is 1.88 bits per heavy atom. The van der Waals surface area contributed by atoms with Gasteiger partial charge in [-0.25, -0.2) is 0 Å². The van der Waals surface area contributed by atoms with E-state index < -0.39 is 31.8 Å². The summed E-state index contributed by atoms with van der Waals surface area (Å²) >= 11 is 0. The Labute approximate surface area is 148 Å². The topological polar surface area (TPSA) is 71.1 Å². The van der Waals surface area contributed by atoms with Crippen molar-refractivity contribution < 1.29 is 28.2 Å². The first-order valence-electron chi connectivity index (χ1n) is 7.91. The van der Waals surface area contributed by atoms with Gasteiger partial charge in [0.25, 0.3) is 0 Å². The van der Waals surface area contributed by atoms with Crippen molar-refractivity contribution in [3.63, 3.8) is 0 Å². The van der Waals surface area contributed by atoms with Crippen LogP contribution in [0.3, 0.4) is 0 Å². The van der Waals surface area contributed by atoms with Crippen molar-refractivity contribution >= 4 is 20.3 Å². The van der Waals surface area contributed by atoms with Gasteiger partial charge in [-0.3, -0.25) is 9.59 Å². The number of ether oxygens (including phenoxy) is 3. The molecule has 136 valence electrons. The molecule has 0 saturated carbocycles. The van der Waals surface area contributed by atoms with Crippen molar-refractivity contribution in [3.05, 3.63) is 41.5 Å². The van der Waals surface area contributed by atoms with Crippen LogP contribution in [0.25, 0.3) is 0 Å². The summed E-state index contributed by atoms with van der Waals surface area (Å²) in [6, 6.07) is 7.36. The molecule has 0 N–H and O–H groups in total. The number of carbonyl (C=O) groups is 2. The van der Waals surface area contributed by atoms with E-state index in [2.05, 4.69) is 0 Å². The second kappa shape index (κ2) is 7.01. The molecule has 0 spiro atoms. The second-order valence-corrected chi connectivity index (χ2v) is 11.2. The monoisotopic (exact) mass is 364 g/mol. The molecule has 0 bridgehead atoms. The van der Waals surface area contributed by atoms with Crippen molar-refractivity contribution in [2.24, 2.45) is 5.41 Å². The van der Waals surface area contributed by atoms with Crippen LogP contribution >= 0.6 is 0 Å². The number of hydrogen-bond acceptors (Lipinski definition) is 6. The zero-order chi connectivity index (χ0) is 18.8. The highest BCUT2D eigenvalue weighted by Crippen LogP contribution is 2.54. The molecule has 1 aromatic rings. The Bertz CT molecular complexity index is 671. The van der Waals surface area contributed by atoms with Gasteiger partial charge in [-0.15, -0.1) is 0 Å². The first-order valence-corrected chi connectivity index (χ1v) is 11.3. The van der Waals surface area contributed by atoms with Crippen molar-refractivity contribution in [1.82, 2.24) is 0 Å². The Kier molecular flexibility index (Phi) is 5.39. The molecule has 1 atom stereocenters. The average Bonchev–Trinajstić information content (AvgIpc) is 3.34. The summed E-state index contributed by atoms with van der Waals surface area (Å²) in [6.45, 7) is 6.14. The third kappa shape index (κ3) is 3.77. The fourth-order valence-electron chi connectivity index (χ4n) is 2.68. The number of methoxy groups -OCH3 is 3. The van der Waals surface area contributed by atoms with Crippen molar-refractivity contribution in [2.45, 2.75) is 25.7 Å². The SMILES string of the molecule is COC(=O)C1(C(=O)OC)C=C1C(O[Si](C)(C)C)c1ccc(OC)cc1. The normalized spacial score (nSPS) is 16.5. The molecule has 25 heavy (non-hydrogen) atoms. The van der Waals surface area contributed by atoms with E-state index in [0.717, 1.165) is 5.56 Å². The molecule has 0 heterocycles. The smallest absolute Gasteiger partial charge is 0.331 e. The zero-order valence-electron chi connectivity index (χ0n) is 15.4. The van der Waals surface area contributed by atoms with Gasteiger partial charge in [-0.2, -0.15) is 0 Å². The lowest BCUT2D eigenvalue weighted by atomic mass is 9.94. The van der Waals surface area contributed by atoms with Crippen LogP contribution in [0.2, 0.25) is 19.6 Å². The minimum Gasteiger partial charge on any atom is -0.497 e. The molecule has 0 fully saturated rings. The van der Waals surface area contributed by atoms with Crippen LogP contribution in [0.1, 0.15) is 11.7 Å². The van der Waals surface area contributed by atoms with Gasteiger partial charge < -0.3 is 18.6 Å². The highest BCUT2D eigenvalue weighted by molar-refractivity contribution is 6.69. The average molecular weight is 364 g/mol. The summed E-state index contributed by atoms with van der Waals surface area (Å²) in [5.41, 5.74) is -0.101. The van der Waals surface area contributed by atoms with E-state index in [-0.39, 0.29) is 0 Å². The molecular formula is C18H24O6Si. The molecule has 2 rings (SSSR count). The Hall–Kier alpha value is -2.12.